The summed E-state index contributed by atoms with van der Waals surface area (Å²) in [4.78, 5) is 92.8. The van der Waals surface area contributed by atoms with Crippen molar-refractivity contribution in [3.05, 3.63) is 127 Å². The highest BCUT2D eigenvalue weighted by molar-refractivity contribution is 6.48. The maximum absolute atomic E-state index is 15.7. The fourth-order valence-corrected chi connectivity index (χ4v) is 13.4. The standard InChI is InChI=1S/C64H73N3O6/c1-9-13-17-21-25-40(26-22-18-14-10-2)65-59(68)44-31-29-42-43-30-32-45-51-49(62(71)66(60(45)69)41(27-23-19-15-11-3)28-24-20-16-12-4)35-47-55(53(43)51)54-46(34-48(61(65)70)50(44)52(42)54)56-57(47)64(73)67(63(56)72)58-38(7)36(5)33-37(6)39(58)8/h29-35,40-41H,9-28H2,1-8H3. The van der Waals surface area contributed by atoms with Crippen LogP contribution in [0, 0.1) is 27.7 Å². The molecule has 0 saturated carbocycles. The number of unbranched alkanes of at least 4 members (excludes halogenated alkanes) is 12. The van der Waals surface area contributed by atoms with Crippen molar-refractivity contribution in [3.63, 3.8) is 0 Å². The molecule has 3 heterocycles. The summed E-state index contributed by atoms with van der Waals surface area (Å²) in [6.45, 7) is 16.6. The van der Waals surface area contributed by atoms with E-state index in [1.807, 2.05) is 52.0 Å². The lowest BCUT2D eigenvalue weighted by molar-refractivity contribution is 0.384. The van der Waals surface area contributed by atoms with Crippen LogP contribution in [-0.2, 0) is 0 Å². The van der Waals surface area contributed by atoms with Crippen LogP contribution in [0.15, 0.2) is 71.2 Å². The lowest BCUT2D eigenvalue weighted by atomic mass is 9.81. The summed E-state index contributed by atoms with van der Waals surface area (Å²) in [5.74, 6) is 0. The molecular weight excluding hydrogens is 907 g/mol. The second-order valence-electron chi connectivity index (χ2n) is 22.0. The van der Waals surface area contributed by atoms with Crippen molar-refractivity contribution in [1.82, 2.24) is 13.7 Å². The fraction of sp³-hybridized carbons (Fsp3) is 0.469. The van der Waals surface area contributed by atoms with E-state index in [0.29, 0.717) is 96.0 Å². The van der Waals surface area contributed by atoms with E-state index in [4.69, 9.17) is 0 Å². The van der Waals surface area contributed by atoms with Gasteiger partial charge in [-0.05, 0) is 143 Å². The molecular formula is C64H73N3O6. The number of hydrogen-bond donors (Lipinski definition) is 0. The third-order valence-electron chi connectivity index (χ3n) is 17.4. The summed E-state index contributed by atoms with van der Waals surface area (Å²) in [5, 5.41) is 8.22. The third kappa shape index (κ3) is 7.92. The Hall–Kier alpha value is -6.22. The number of hydrogen-bond acceptors (Lipinski definition) is 6. The van der Waals surface area contributed by atoms with Crippen LogP contribution in [0.25, 0.3) is 91.9 Å². The van der Waals surface area contributed by atoms with E-state index in [-0.39, 0.29) is 45.1 Å². The summed E-state index contributed by atoms with van der Waals surface area (Å²) in [6, 6.07) is 12.7. The Morgan fingerprint density at radius 2 is 0.644 bits per heavy atom. The lowest BCUT2D eigenvalue weighted by Gasteiger charge is -2.24. The van der Waals surface area contributed by atoms with Crippen molar-refractivity contribution in [3.8, 4) is 5.69 Å². The normalized spacial score (nSPS) is 12.7. The number of aryl methyl sites for hydroxylation is 2. The molecule has 73 heavy (non-hydrogen) atoms. The smallest absolute Gasteiger partial charge is 0.266 e. The van der Waals surface area contributed by atoms with Crippen LogP contribution in [0.2, 0.25) is 0 Å². The topological polar surface area (TPSA) is 117 Å². The number of fused-ring (bicyclic) bond motifs is 4. The number of benzene rings is 7. The first-order chi connectivity index (χ1) is 35.3. The van der Waals surface area contributed by atoms with E-state index < -0.39 is 11.1 Å². The van der Waals surface area contributed by atoms with Crippen LogP contribution in [0.4, 0.5) is 0 Å². The monoisotopic (exact) mass is 980 g/mol. The zero-order valence-corrected chi connectivity index (χ0v) is 44.6. The molecule has 0 radical (unpaired) electrons. The van der Waals surface area contributed by atoms with Crippen LogP contribution < -0.4 is 33.4 Å². The molecule has 0 aliphatic rings. The van der Waals surface area contributed by atoms with Gasteiger partial charge in [0, 0.05) is 44.4 Å². The van der Waals surface area contributed by atoms with Gasteiger partial charge >= 0.3 is 0 Å². The molecule has 10 aromatic rings. The van der Waals surface area contributed by atoms with Crippen LogP contribution >= 0.6 is 0 Å². The van der Waals surface area contributed by atoms with E-state index in [1.54, 1.807) is 12.1 Å². The lowest BCUT2D eigenvalue weighted by Crippen LogP contribution is -2.37. The van der Waals surface area contributed by atoms with E-state index in [1.165, 1.54) is 13.7 Å². The molecule has 0 spiro atoms. The minimum Gasteiger partial charge on any atom is -0.271 e. The van der Waals surface area contributed by atoms with Gasteiger partial charge in [0.2, 0.25) is 0 Å². The van der Waals surface area contributed by atoms with E-state index in [2.05, 4.69) is 33.8 Å². The van der Waals surface area contributed by atoms with Gasteiger partial charge in [-0.1, -0.05) is 149 Å². The molecule has 0 aliphatic carbocycles. The van der Waals surface area contributed by atoms with Crippen LogP contribution in [0.5, 0.6) is 0 Å². The van der Waals surface area contributed by atoms with Gasteiger partial charge in [0.1, 0.15) is 0 Å². The van der Waals surface area contributed by atoms with Gasteiger partial charge in [-0.25, -0.2) is 4.57 Å². The maximum atomic E-state index is 15.7. The zero-order valence-electron chi connectivity index (χ0n) is 44.6. The van der Waals surface area contributed by atoms with Gasteiger partial charge in [-0.2, -0.15) is 0 Å². The summed E-state index contributed by atoms with van der Waals surface area (Å²) in [6.07, 6.45) is 19.2. The summed E-state index contributed by atoms with van der Waals surface area (Å²) in [5.41, 5.74) is 1.75. The molecule has 9 nitrogen and oxygen atoms in total. The van der Waals surface area contributed by atoms with Crippen molar-refractivity contribution in [2.24, 2.45) is 0 Å². The summed E-state index contributed by atoms with van der Waals surface area (Å²) < 4.78 is 4.37. The second kappa shape index (κ2) is 20.2. The average Bonchev–Trinajstić information content (AvgIpc) is 3.64. The molecule has 0 aliphatic heterocycles. The highest BCUT2D eigenvalue weighted by atomic mass is 16.2. The molecule has 9 heteroatoms. The van der Waals surface area contributed by atoms with Crippen molar-refractivity contribution in [2.75, 3.05) is 0 Å². The number of aromatic nitrogens is 3. The van der Waals surface area contributed by atoms with E-state index in [9.17, 15) is 0 Å². The average molecular weight is 980 g/mol. The maximum Gasteiger partial charge on any atom is 0.266 e. The number of rotatable bonds is 23. The molecule has 0 amide bonds. The molecule has 10 rings (SSSR count). The predicted molar refractivity (Wildman–Crippen MR) is 307 cm³/mol. The first-order valence-electron chi connectivity index (χ1n) is 28.1. The van der Waals surface area contributed by atoms with Gasteiger partial charge in [0.25, 0.3) is 33.4 Å². The molecule has 0 unspecified atom stereocenters. The third-order valence-corrected chi connectivity index (χ3v) is 17.4. The minimum atomic E-state index is -0.487. The van der Waals surface area contributed by atoms with Crippen molar-refractivity contribution >= 4 is 86.2 Å². The van der Waals surface area contributed by atoms with Crippen molar-refractivity contribution in [2.45, 2.75) is 196 Å². The Morgan fingerprint density at radius 1 is 0.329 bits per heavy atom. The minimum absolute atomic E-state index is 0.193. The Morgan fingerprint density at radius 3 is 0.986 bits per heavy atom. The van der Waals surface area contributed by atoms with Gasteiger partial charge in [0.05, 0.1) is 16.5 Å². The Kier molecular flexibility index (Phi) is 14.0. The first kappa shape index (κ1) is 50.3. The van der Waals surface area contributed by atoms with Gasteiger partial charge in [-0.3, -0.25) is 37.9 Å². The largest absolute Gasteiger partial charge is 0.271 e. The molecule has 0 atom stereocenters. The molecule has 380 valence electrons. The molecule has 0 bridgehead atoms. The number of nitrogens with zero attached hydrogens (tertiary/aromatic N) is 3. The van der Waals surface area contributed by atoms with E-state index in [0.717, 1.165) is 136 Å². The SMILES string of the molecule is CCCCCCC(CCCCCC)n1c(=O)c2ccc3c4ccc5c(=O)n(C(CCCCCC)CCCCCC)c(=O)c6cc7c8c(=O)n(-c9c(C)c(C)cc(C)c9C)c(=O)c8c8cc(c1=O)c2c3c8c7c4c56. The molecule has 0 N–H and O–H groups in total. The highest BCUT2D eigenvalue weighted by Crippen LogP contribution is 2.50. The Bertz CT molecular complexity index is 3790. The number of pyridine rings is 2. The van der Waals surface area contributed by atoms with Crippen LogP contribution in [0.1, 0.15) is 190 Å². The fourth-order valence-electron chi connectivity index (χ4n) is 13.4. The molecule has 7 aromatic carbocycles. The van der Waals surface area contributed by atoms with E-state index >= 15 is 28.8 Å². The van der Waals surface area contributed by atoms with Gasteiger partial charge < -0.3 is 0 Å². The molecule has 3 aromatic heterocycles. The summed E-state index contributed by atoms with van der Waals surface area (Å²) in [7, 11) is 0. The zero-order chi connectivity index (χ0) is 51.6. The van der Waals surface area contributed by atoms with Gasteiger partial charge in [0.15, 0.2) is 0 Å². The quantitative estimate of drug-likeness (QED) is 0.0358. The van der Waals surface area contributed by atoms with Crippen molar-refractivity contribution < 1.29 is 0 Å². The predicted octanol–water partition coefficient (Wildman–Crippen LogP) is 14.9. The Balaban J connectivity index is 1.37. The molecule has 0 fully saturated rings. The Labute approximate surface area is 426 Å². The molecule has 0 saturated heterocycles. The van der Waals surface area contributed by atoms with Crippen LogP contribution in [-0.4, -0.2) is 13.7 Å². The van der Waals surface area contributed by atoms with Crippen LogP contribution in [0.3, 0.4) is 0 Å². The first-order valence-corrected chi connectivity index (χ1v) is 28.1. The second-order valence-corrected chi connectivity index (χ2v) is 22.0. The summed E-state index contributed by atoms with van der Waals surface area (Å²) >= 11 is 0. The van der Waals surface area contributed by atoms with Gasteiger partial charge in [-0.15, -0.1) is 0 Å². The highest BCUT2D eigenvalue weighted by Gasteiger charge is 2.32. The van der Waals surface area contributed by atoms with Crippen molar-refractivity contribution in [1.29, 1.82) is 0 Å².